The molecule has 0 atom stereocenters. The number of benzene rings is 1. The van der Waals surface area contributed by atoms with E-state index in [4.69, 9.17) is 10.5 Å². The van der Waals surface area contributed by atoms with E-state index in [2.05, 4.69) is 18.5 Å². The molecule has 0 fully saturated rings. The summed E-state index contributed by atoms with van der Waals surface area (Å²) in [5.74, 6) is -0.0874. The molecule has 1 amide bonds. The summed E-state index contributed by atoms with van der Waals surface area (Å²) in [5, 5.41) is 2.63. The van der Waals surface area contributed by atoms with Crippen molar-refractivity contribution < 1.29 is 9.53 Å². The molecule has 0 spiro atoms. The lowest BCUT2D eigenvalue weighted by molar-refractivity contribution is -0.114. The summed E-state index contributed by atoms with van der Waals surface area (Å²) in [6.45, 7) is 9.64. The van der Waals surface area contributed by atoms with E-state index >= 15 is 0 Å². The number of nitrogens with two attached hydrogens (primary N) is 1. The second-order valence-electron chi connectivity index (χ2n) is 3.42. The van der Waals surface area contributed by atoms with Gasteiger partial charge >= 0.3 is 0 Å². The van der Waals surface area contributed by atoms with Crippen molar-refractivity contribution in [2.24, 2.45) is 0 Å². The topological polar surface area (TPSA) is 64.3 Å². The predicted octanol–water partition coefficient (Wildman–Crippen LogP) is 2.60. The van der Waals surface area contributed by atoms with E-state index in [0.717, 1.165) is 5.69 Å². The first kappa shape index (κ1) is 15.9. The normalized spacial score (nSPS) is 8.72. The Labute approximate surface area is 108 Å². The van der Waals surface area contributed by atoms with Gasteiger partial charge < -0.3 is 15.8 Å². The molecule has 0 unspecified atom stereocenters. The van der Waals surface area contributed by atoms with E-state index in [-0.39, 0.29) is 5.91 Å². The van der Waals surface area contributed by atoms with Gasteiger partial charge in [0, 0.05) is 18.3 Å². The number of nitrogen functional groups attached to an aromatic ring is 1. The van der Waals surface area contributed by atoms with Crippen molar-refractivity contribution in [3.05, 3.63) is 49.6 Å². The van der Waals surface area contributed by atoms with Crippen molar-refractivity contribution in [1.29, 1.82) is 0 Å². The van der Waals surface area contributed by atoms with Crippen LogP contribution in [0.25, 0.3) is 0 Å². The number of hydrogen-bond donors (Lipinski definition) is 2. The average molecular weight is 248 g/mol. The lowest BCUT2D eigenvalue weighted by Crippen LogP contribution is -2.05. The summed E-state index contributed by atoms with van der Waals surface area (Å²) in [4.78, 5) is 10.6. The molecule has 0 aliphatic heterocycles. The van der Waals surface area contributed by atoms with E-state index in [9.17, 15) is 4.79 Å². The summed E-state index contributed by atoms with van der Waals surface area (Å²) in [7, 11) is 0. The second kappa shape index (κ2) is 10.1. The van der Waals surface area contributed by atoms with Crippen LogP contribution in [-0.2, 0) is 9.53 Å². The maximum Gasteiger partial charge on any atom is 0.221 e. The highest BCUT2D eigenvalue weighted by atomic mass is 16.5. The number of amides is 1. The van der Waals surface area contributed by atoms with Crippen LogP contribution in [0.2, 0.25) is 0 Å². The molecule has 1 aromatic rings. The molecule has 0 heterocycles. The number of carbonyl (C=O) groups excluding carboxylic acids is 1. The van der Waals surface area contributed by atoms with E-state index < -0.39 is 0 Å². The third-order valence-corrected chi connectivity index (χ3v) is 1.68. The minimum absolute atomic E-state index is 0.0874. The Morgan fingerprint density at radius 1 is 1.39 bits per heavy atom. The largest absolute Gasteiger partial charge is 0.399 e. The van der Waals surface area contributed by atoms with E-state index in [0.29, 0.717) is 18.9 Å². The van der Waals surface area contributed by atoms with Crippen LogP contribution in [-0.4, -0.2) is 19.1 Å². The zero-order chi connectivity index (χ0) is 13.8. The number of carbonyl (C=O) groups is 1. The van der Waals surface area contributed by atoms with Gasteiger partial charge in [-0.25, -0.2) is 0 Å². The molecule has 98 valence electrons. The Morgan fingerprint density at radius 2 is 2.00 bits per heavy atom. The third kappa shape index (κ3) is 9.18. The smallest absolute Gasteiger partial charge is 0.221 e. The lowest BCUT2D eigenvalue weighted by atomic mass is 10.3. The van der Waals surface area contributed by atoms with Crippen molar-refractivity contribution in [3.8, 4) is 0 Å². The van der Waals surface area contributed by atoms with Gasteiger partial charge in [-0.2, -0.15) is 0 Å². The number of rotatable bonds is 5. The second-order valence-corrected chi connectivity index (χ2v) is 3.42. The SMILES string of the molecule is C=CCOCC=C.CC(=O)Nc1cccc(N)c1. The molecule has 0 aliphatic rings. The average Bonchev–Trinajstić information content (AvgIpc) is 2.30. The maximum atomic E-state index is 10.6. The number of hydrogen-bond acceptors (Lipinski definition) is 3. The van der Waals surface area contributed by atoms with Crippen LogP contribution >= 0.6 is 0 Å². The lowest BCUT2D eigenvalue weighted by Gasteiger charge is -2.01. The Balaban J connectivity index is 0.000000360. The fourth-order valence-corrected chi connectivity index (χ4v) is 1.05. The molecule has 0 saturated carbocycles. The summed E-state index contributed by atoms with van der Waals surface area (Å²) in [6, 6.07) is 7.06. The monoisotopic (exact) mass is 248 g/mol. The molecule has 1 aromatic carbocycles. The molecule has 1 rings (SSSR count). The van der Waals surface area contributed by atoms with Gasteiger partial charge in [0.25, 0.3) is 0 Å². The number of nitrogens with one attached hydrogen (secondary N) is 1. The quantitative estimate of drug-likeness (QED) is 0.478. The van der Waals surface area contributed by atoms with E-state index in [1.54, 1.807) is 36.4 Å². The zero-order valence-electron chi connectivity index (χ0n) is 10.7. The van der Waals surface area contributed by atoms with Crippen LogP contribution in [0.1, 0.15) is 6.92 Å². The van der Waals surface area contributed by atoms with Crippen molar-refractivity contribution in [2.45, 2.75) is 6.92 Å². The first-order valence-electron chi connectivity index (χ1n) is 5.52. The summed E-state index contributed by atoms with van der Waals surface area (Å²) in [6.07, 6.45) is 3.42. The highest BCUT2D eigenvalue weighted by Crippen LogP contribution is 2.10. The highest BCUT2D eigenvalue weighted by Gasteiger charge is 1.93. The molecule has 0 bridgehead atoms. The fraction of sp³-hybridized carbons (Fsp3) is 0.214. The van der Waals surface area contributed by atoms with Crippen LogP contribution in [0.5, 0.6) is 0 Å². The molecule has 3 N–H and O–H groups in total. The molecular weight excluding hydrogens is 228 g/mol. The minimum atomic E-state index is -0.0874. The zero-order valence-corrected chi connectivity index (χ0v) is 10.7. The maximum absolute atomic E-state index is 10.6. The molecule has 4 nitrogen and oxygen atoms in total. The van der Waals surface area contributed by atoms with Gasteiger partial charge in [-0.15, -0.1) is 13.2 Å². The molecule has 0 aromatic heterocycles. The van der Waals surface area contributed by atoms with Crippen LogP contribution in [0.4, 0.5) is 11.4 Å². The van der Waals surface area contributed by atoms with Crippen molar-refractivity contribution in [2.75, 3.05) is 24.3 Å². The summed E-state index contributed by atoms with van der Waals surface area (Å²) >= 11 is 0. The van der Waals surface area contributed by atoms with E-state index in [1.165, 1.54) is 6.92 Å². The summed E-state index contributed by atoms with van der Waals surface area (Å²) in [5.41, 5.74) is 6.87. The third-order valence-electron chi connectivity index (χ3n) is 1.68. The van der Waals surface area contributed by atoms with Gasteiger partial charge in [-0.1, -0.05) is 18.2 Å². The fourth-order valence-electron chi connectivity index (χ4n) is 1.05. The van der Waals surface area contributed by atoms with Gasteiger partial charge in [0.2, 0.25) is 5.91 Å². The minimum Gasteiger partial charge on any atom is -0.399 e. The summed E-state index contributed by atoms with van der Waals surface area (Å²) < 4.78 is 4.90. The first-order chi connectivity index (χ1) is 8.60. The Kier molecular flexibility index (Phi) is 8.95. The molecular formula is C14H20N2O2. The van der Waals surface area contributed by atoms with Crippen molar-refractivity contribution >= 4 is 17.3 Å². The highest BCUT2D eigenvalue weighted by molar-refractivity contribution is 5.89. The molecule has 0 radical (unpaired) electrons. The van der Waals surface area contributed by atoms with Crippen molar-refractivity contribution in [1.82, 2.24) is 0 Å². The van der Waals surface area contributed by atoms with Gasteiger partial charge in [-0.05, 0) is 18.2 Å². The first-order valence-corrected chi connectivity index (χ1v) is 5.52. The molecule has 0 saturated heterocycles. The van der Waals surface area contributed by atoms with E-state index in [1.807, 2.05) is 0 Å². The van der Waals surface area contributed by atoms with Crippen LogP contribution < -0.4 is 11.1 Å². The molecule has 18 heavy (non-hydrogen) atoms. The Bertz CT molecular complexity index is 381. The van der Waals surface area contributed by atoms with Crippen LogP contribution in [0, 0.1) is 0 Å². The predicted molar refractivity (Wildman–Crippen MR) is 76.4 cm³/mol. The number of ether oxygens (including phenoxy) is 1. The Hall–Kier alpha value is -2.07. The van der Waals surface area contributed by atoms with Crippen LogP contribution in [0.3, 0.4) is 0 Å². The number of anilines is 2. The molecule has 0 aliphatic carbocycles. The van der Waals surface area contributed by atoms with Gasteiger partial charge in [-0.3, -0.25) is 4.79 Å². The van der Waals surface area contributed by atoms with Gasteiger partial charge in [0.05, 0.1) is 13.2 Å². The standard InChI is InChI=1S/C8H10N2O.C6H10O/c1-6(11)10-8-4-2-3-7(9)5-8;1-3-5-7-6-4-2/h2-5H,9H2,1H3,(H,10,11);3-4H,1-2,5-6H2. The van der Waals surface area contributed by atoms with Gasteiger partial charge in [0.1, 0.15) is 0 Å². The molecule has 4 heteroatoms. The Morgan fingerprint density at radius 3 is 2.44 bits per heavy atom. The van der Waals surface area contributed by atoms with Crippen molar-refractivity contribution in [3.63, 3.8) is 0 Å². The van der Waals surface area contributed by atoms with Crippen LogP contribution in [0.15, 0.2) is 49.6 Å². The van der Waals surface area contributed by atoms with Gasteiger partial charge in [0.15, 0.2) is 0 Å².